The fourth-order valence-electron chi connectivity index (χ4n) is 4.87. The predicted molar refractivity (Wildman–Crippen MR) is 159 cm³/mol. The van der Waals surface area contributed by atoms with Gasteiger partial charge in [0.2, 0.25) is 11.8 Å². The molecule has 1 aliphatic rings. The number of nitrogens with zero attached hydrogens (tertiary/aromatic N) is 3. The first-order chi connectivity index (χ1) is 19.0. The molecule has 202 valence electrons. The number of anilines is 1. The molecule has 1 atom stereocenters. The van der Waals surface area contributed by atoms with Crippen molar-refractivity contribution < 1.29 is 14.3 Å². The van der Waals surface area contributed by atoms with Crippen LogP contribution in [-0.4, -0.2) is 54.2 Å². The third-order valence-electron chi connectivity index (χ3n) is 6.71. The molecule has 1 N–H and O–H groups in total. The minimum absolute atomic E-state index is 0.0828. The van der Waals surface area contributed by atoms with Crippen molar-refractivity contribution in [2.75, 3.05) is 37.5 Å². The number of carbonyl (C=O) groups excluding carboxylic acids is 2. The van der Waals surface area contributed by atoms with Gasteiger partial charge in [0.05, 0.1) is 22.4 Å². The summed E-state index contributed by atoms with van der Waals surface area (Å²) in [4.78, 5) is 28.5. The topological polar surface area (TPSA) is 76.5 Å². The largest absolute Gasteiger partial charge is 0.385 e. The van der Waals surface area contributed by atoms with Crippen molar-refractivity contribution in [3.8, 4) is 16.9 Å². The van der Waals surface area contributed by atoms with E-state index < -0.39 is 0 Å². The lowest BCUT2D eigenvalue weighted by Gasteiger charge is -2.23. The standard InChI is InChI=1S/C30H32N4O3S2/c1-20-10-11-24(21(2)16-20)34-30-27(28(32-34)22-8-5-4-6-9-22)29(23-12-15-38-18-23)39-19-26(36)33(30)17-25(35)31-13-7-14-37-3/h4-6,8-12,15-16,18,29H,7,13-14,17,19H2,1-3H3,(H,31,35). The molecule has 2 aromatic heterocycles. The number of aromatic nitrogens is 2. The average molecular weight is 561 g/mol. The zero-order chi connectivity index (χ0) is 27.4. The molecule has 0 bridgehead atoms. The van der Waals surface area contributed by atoms with Crippen molar-refractivity contribution in [3.05, 3.63) is 87.6 Å². The number of aryl methyl sites for hydroxylation is 2. The van der Waals surface area contributed by atoms with Crippen molar-refractivity contribution >= 4 is 40.7 Å². The molecule has 5 rings (SSSR count). The summed E-state index contributed by atoms with van der Waals surface area (Å²) in [5.74, 6) is 0.586. The van der Waals surface area contributed by atoms with Gasteiger partial charge in [0.25, 0.3) is 0 Å². The van der Waals surface area contributed by atoms with Gasteiger partial charge in [-0.05, 0) is 54.3 Å². The van der Waals surface area contributed by atoms with E-state index in [1.165, 1.54) is 0 Å². The SMILES string of the molecule is COCCCNC(=O)CN1C(=O)CSC(c2ccsc2)c2c(-c3ccccc3)nn(-c3ccc(C)cc3C)c21. The lowest BCUT2D eigenvalue weighted by Crippen LogP contribution is -2.42. The Morgan fingerprint density at radius 1 is 1.15 bits per heavy atom. The summed E-state index contributed by atoms with van der Waals surface area (Å²) in [5, 5.41) is 12.2. The highest BCUT2D eigenvalue weighted by Gasteiger charge is 2.38. The van der Waals surface area contributed by atoms with Crippen LogP contribution in [0.25, 0.3) is 16.9 Å². The smallest absolute Gasteiger partial charge is 0.240 e. The van der Waals surface area contributed by atoms with Crippen LogP contribution in [0.2, 0.25) is 0 Å². The van der Waals surface area contributed by atoms with E-state index in [4.69, 9.17) is 9.84 Å². The van der Waals surface area contributed by atoms with E-state index in [1.54, 1.807) is 35.1 Å². The Bertz CT molecular complexity index is 1450. The van der Waals surface area contributed by atoms with Gasteiger partial charge in [-0.15, -0.1) is 11.8 Å². The Morgan fingerprint density at radius 2 is 1.97 bits per heavy atom. The highest BCUT2D eigenvalue weighted by atomic mass is 32.2. The van der Waals surface area contributed by atoms with E-state index in [9.17, 15) is 9.59 Å². The first-order valence-corrected chi connectivity index (χ1v) is 14.9. The van der Waals surface area contributed by atoms with Gasteiger partial charge >= 0.3 is 0 Å². The number of hydrogen-bond acceptors (Lipinski definition) is 6. The van der Waals surface area contributed by atoms with Crippen molar-refractivity contribution in [1.29, 1.82) is 0 Å². The lowest BCUT2D eigenvalue weighted by molar-refractivity contribution is -0.122. The zero-order valence-corrected chi connectivity index (χ0v) is 24.0. The predicted octanol–water partition coefficient (Wildman–Crippen LogP) is 5.54. The van der Waals surface area contributed by atoms with Gasteiger partial charge < -0.3 is 10.1 Å². The maximum Gasteiger partial charge on any atom is 0.240 e. The Kier molecular flexibility index (Phi) is 8.50. The molecule has 0 saturated heterocycles. The van der Waals surface area contributed by atoms with Gasteiger partial charge in [0.15, 0.2) is 0 Å². The molecule has 0 spiro atoms. The number of nitrogens with one attached hydrogen (secondary N) is 1. The molecule has 0 fully saturated rings. The Labute approximate surface area is 237 Å². The summed E-state index contributed by atoms with van der Waals surface area (Å²) < 4.78 is 6.97. The Morgan fingerprint density at radius 3 is 2.69 bits per heavy atom. The molecule has 1 unspecified atom stereocenters. The van der Waals surface area contributed by atoms with E-state index in [0.717, 1.165) is 39.2 Å². The van der Waals surface area contributed by atoms with Crippen molar-refractivity contribution in [1.82, 2.24) is 15.1 Å². The van der Waals surface area contributed by atoms with Gasteiger partial charge in [0, 0.05) is 31.4 Å². The quantitative estimate of drug-likeness (QED) is 0.272. The molecule has 9 heteroatoms. The van der Waals surface area contributed by atoms with Crippen LogP contribution < -0.4 is 10.2 Å². The minimum atomic E-state index is -0.209. The second-order valence-electron chi connectivity index (χ2n) is 9.58. The van der Waals surface area contributed by atoms with E-state index in [2.05, 4.69) is 48.1 Å². The van der Waals surface area contributed by atoms with Crippen molar-refractivity contribution in [3.63, 3.8) is 0 Å². The maximum absolute atomic E-state index is 13.7. The van der Waals surface area contributed by atoms with Crippen LogP contribution in [0.3, 0.4) is 0 Å². The van der Waals surface area contributed by atoms with Crippen LogP contribution >= 0.6 is 23.1 Å². The Hall–Kier alpha value is -3.40. The second-order valence-corrected chi connectivity index (χ2v) is 11.5. The second kappa shape index (κ2) is 12.2. The number of thioether (sulfide) groups is 1. The van der Waals surface area contributed by atoms with Gasteiger partial charge in [-0.3, -0.25) is 14.5 Å². The number of fused-ring (bicyclic) bond motifs is 1. The van der Waals surface area contributed by atoms with Gasteiger partial charge in [-0.2, -0.15) is 16.4 Å². The van der Waals surface area contributed by atoms with E-state index in [0.29, 0.717) is 25.4 Å². The molecule has 0 saturated carbocycles. The molecular weight excluding hydrogens is 528 g/mol. The number of carbonyl (C=O) groups is 2. The molecule has 39 heavy (non-hydrogen) atoms. The average Bonchev–Trinajstić information content (AvgIpc) is 3.57. The molecule has 2 amide bonds. The number of methoxy groups -OCH3 is 1. The molecule has 2 aromatic carbocycles. The molecule has 7 nitrogen and oxygen atoms in total. The fourth-order valence-corrected chi connectivity index (χ4v) is 6.83. The number of hydrogen-bond donors (Lipinski definition) is 1. The van der Waals surface area contributed by atoms with Gasteiger partial charge in [0.1, 0.15) is 12.4 Å². The summed E-state index contributed by atoms with van der Waals surface area (Å²) >= 11 is 3.22. The van der Waals surface area contributed by atoms with Crippen molar-refractivity contribution in [2.24, 2.45) is 0 Å². The molecule has 3 heterocycles. The molecule has 4 aromatic rings. The van der Waals surface area contributed by atoms with Crippen LogP contribution in [-0.2, 0) is 14.3 Å². The summed E-state index contributed by atoms with van der Waals surface area (Å²) in [5.41, 5.74) is 6.93. The number of ether oxygens (including phenoxy) is 1. The van der Waals surface area contributed by atoms with Crippen molar-refractivity contribution in [2.45, 2.75) is 25.5 Å². The van der Waals surface area contributed by atoms with E-state index in [1.807, 2.05) is 41.1 Å². The van der Waals surface area contributed by atoms with Crippen LogP contribution in [0.1, 0.15) is 33.9 Å². The number of rotatable bonds is 9. The molecule has 0 radical (unpaired) electrons. The monoisotopic (exact) mass is 560 g/mol. The first kappa shape index (κ1) is 27.2. The summed E-state index contributed by atoms with van der Waals surface area (Å²) in [6.45, 7) is 5.07. The highest BCUT2D eigenvalue weighted by molar-refractivity contribution is 8.00. The number of thiophene rings is 1. The third kappa shape index (κ3) is 5.80. The number of amides is 2. The molecule has 0 aliphatic carbocycles. The fraction of sp³-hybridized carbons (Fsp3) is 0.300. The summed E-state index contributed by atoms with van der Waals surface area (Å²) in [7, 11) is 1.64. The molecule has 1 aliphatic heterocycles. The first-order valence-electron chi connectivity index (χ1n) is 12.9. The third-order valence-corrected chi connectivity index (χ3v) is 8.67. The maximum atomic E-state index is 13.7. The lowest BCUT2D eigenvalue weighted by atomic mass is 10.0. The van der Waals surface area contributed by atoms with Crippen LogP contribution in [0.5, 0.6) is 0 Å². The highest BCUT2D eigenvalue weighted by Crippen LogP contribution is 2.49. The number of benzene rings is 2. The Balaban J connectivity index is 1.71. The van der Waals surface area contributed by atoms with Crippen LogP contribution in [0.4, 0.5) is 5.82 Å². The van der Waals surface area contributed by atoms with E-state index in [-0.39, 0.29) is 29.4 Å². The zero-order valence-electron chi connectivity index (χ0n) is 22.3. The normalized spacial score (nSPS) is 15.2. The van der Waals surface area contributed by atoms with Gasteiger partial charge in [-0.25, -0.2) is 4.68 Å². The van der Waals surface area contributed by atoms with E-state index >= 15 is 0 Å². The van der Waals surface area contributed by atoms with Gasteiger partial charge in [-0.1, -0.05) is 48.0 Å². The van der Waals surface area contributed by atoms with Crippen LogP contribution in [0.15, 0.2) is 65.4 Å². The molecular formula is C30H32N4O3S2. The van der Waals surface area contributed by atoms with Crippen LogP contribution in [0, 0.1) is 13.8 Å². The summed E-state index contributed by atoms with van der Waals surface area (Å²) in [6.07, 6.45) is 0.705. The minimum Gasteiger partial charge on any atom is -0.385 e. The summed E-state index contributed by atoms with van der Waals surface area (Å²) in [6, 6.07) is 18.4.